The van der Waals surface area contributed by atoms with Crippen LogP contribution in [0.2, 0.25) is 0 Å². The minimum Gasteiger partial charge on any atom is -0.475 e. The summed E-state index contributed by atoms with van der Waals surface area (Å²) in [6.45, 7) is 6.32. The highest BCUT2D eigenvalue weighted by molar-refractivity contribution is 7.15. The van der Waals surface area contributed by atoms with E-state index in [4.69, 9.17) is 14.6 Å². The number of hydrogen-bond acceptors (Lipinski definition) is 7. The molecule has 3 heterocycles. The van der Waals surface area contributed by atoms with Crippen molar-refractivity contribution in [1.29, 1.82) is 0 Å². The monoisotopic (exact) mass is 410 g/mol. The third-order valence-corrected chi connectivity index (χ3v) is 5.99. The molecule has 154 valence electrons. The third kappa shape index (κ3) is 5.76. The molecule has 0 aliphatic carbocycles. The highest BCUT2D eigenvalue weighted by Gasteiger charge is 2.44. The van der Waals surface area contributed by atoms with Crippen LogP contribution in [0.5, 0.6) is 0 Å². The van der Waals surface area contributed by atoms with Crippen molar-refractivity contribution >= 4 is 22.4 Å². The van der Waals surface area contributed by atoms with Crippen LogP contribution >= 0.6 is 11.3 Å². The fourth-order valence-electron chi connectivity index (χ4n) is 3.71. The zero-order valence-electron chi connectivity index (χ0n) is 15.6. The van der Waals surface area contributed by atoms with E-state index in [0.717, 1.165) is 29.8 Å². The molecular weight excluding hydrogens is 385 g/mol. The van der Waals surface area contributed by atoms with Gasteiger partial charge in [-0.05, 0) is 38.6 Å². The van der Waals surface area contributed by atoms with Crippen LogP contribution in [-0.2, 0) is 9.53 Å². The molecule has 2 aliphatic rings. The normalized spacial score (nSPS) is 22.6. The first kappa shape index (κ1) is 21.8. The van der Waals surface area contributed by atoms with E-state index in [-0.39, 0.29) is 0 Å². The zero-order chi connectivity index (χ0) is 20.2. The summed E-state index contributed by atoms with van der Waals surface area (Å²) in [6.07, 6.45) is -1.29. The Hall–Kier alpha value is -1.46. The van der Waals surface area contributed by atoms with Crippen molar-refractivity contribution in [3.63, 3.8) is 0 Å². The number of rotatable bonds is 3. The van der Waals surface area contributed by atoms with Crippen molar-refractivity contribution in [2.45, 2.75) is 38.4 Å². The topological polar surface area (TPSA) is 78.8 Å². The predicted octanol–water partition coefficient (Wildman–Crippen LogP) is 2.42. The molecular formula is C16H25F3N4O3S. The number of likely N-dealkylation sites (N-methyl/N-ethyl adjacent to an activating group) is 1. The molecule has 27 heavy (non-hydrogen) atoms. The number of hydrogen-bond donors (Lipinski definition) is 1. The number of carbonyl (C=O) groups is 1. The first-order valence-corrected chi connectivity index (χ1v) is 9.42. The fourth-order valence-corrected chi connectivity index (χ4v) is 4.44. The lowest BCUT2D eigenvalue weighted by atomic mass is 9.77. The van der Waals surface area contributed by atoms with Gasteiger partial charge in [0.15, 0.2) is 0 Å². The van der Waals surface area contributed by atoms with E-state index in [1.54, 1.807) is 18.4 Å². The number of ether oxygens (including phenoxy) is 1. The quantitative estimate of drug-likeness (QED) is 0.820. The second kappa shape index (κ2) is 8.70. The van der Waals surface area contributed by atoms with Crippen molar-refractivity contribution in [1.82, 2.24) is 15.1 Å². The average molecular weight is 410 g/mol. The van der Waals surface area contributed by atoms with E-state index >= 15 is 0 Å². The molecule has 2 saturated heterocycles. The molecule has 1 atom stereocenters. The van der Waals surface area contributed by atoms with E-state index in [2.05, 4.69) is 27.0 Å². The zero-order valence-corrected chi connectivity index (χ0v) is 16.4. The third-order valence-electron chi connectivity index (χ3n) is 5.09. The number of aryl methyl sites for hydroxylation is 1. The highest BCUT2D eigenvalue weighted by Crippen LogP contribution is 2.43. The maximum Gasteiger partial charge on any atom is 0.490 e. The van der Waals surface area contributed by atoms with Crippen molar-refractivity contribution in [3.05, 3.63) is 5.01 Å². The number of likely N-dealkylation sites (tertiary alicyclic amines) is 1. The number of methoxy groups -OCH3 is 1. The summed E-state index contributed by atoms with van der Waals surface area (Å²) < 4.78 is 37.1. The first-order chi connectivity index (χ1) is 12.6. The number of nitrogens with zero attached hydrogens (tertiary/aromatic N) is 4. The highest BCUT2D eigenvalue weighted by atomic mass is 32.1. The molecule has 1 unspecified atom stereocenters. The van der Waals surface area contributed by atoms with Crippen molar-refractivity contribution in [2.75, 3.05) is 45.3 Å². The molecule has 2 fully saturated rings. The Morgan fingerprint density at radius 3 is 2.41 bits per heavy atom. The minimum atomic E-state index is -5.08. The van der Waals surface area contributed by atoms with E-state index in [9.17, 15) is 13.2 Å². The molecule has 1 aromatic rings. The van der Waals surface area contributed by atoms with Crippen molar-refractivity contribution < 1.29 is 27.8 Å². The number of piperidine rings is 1. The summed E-state index contributed by atoms with van der Waals surface area (Å²) in [5.41, 5.74) is 0.494. The molecule has 1 spiro atoms. The van der Waals surface area contributed by atoms with E-state index in [1.165, 1.54) is 25.8 Å². The number of anilines is 1. The Labute approximate surface area is 160 Å². The molecule has 3 rings (SSSR count). The Morgan fingerprint density at radius 2 is 1.96 bits per heavy atom. The van der Waals surface area contributed by atoms with Crippen LogP contribution in [-0.4, -0.2) is 78.8 Å². The van der Waals surface area contributed by atoms with Crippen LogP contribution in [0.1, 0.15) is 24.3 Å². The van der Waals surface area contributed by atoms with Gasteiger partial charge in [0.25, 0.3) is 0 Å². The van der Waals surface area contributed by atoms with Gasteiger partial charge in [-0.3, -0.25) is 0 Å². The molecule has 2 aliphatic heterocycles. The molecule has 7 nitrogen and oxygen atoms in total. The maximum atomic E-state index is 10.6. The molecule has 0 bridgehead atoms. The number of aliphatic carboxylic acids is 1. The Bertz CT molecular complexity index is 633. The Kier molecular flexibility index (Phi) is 7.03. The summed E-state index contributed by atoms with van der Waals surface area (Å²) in [5.74, 6) is -2.76. The predicted molar refractivity (Wildman–Crippen MR) is 95.1 cm³/mol. The number of alkyl halides is 3. The lowest BCUT2D eigenvalue weighted by Gasteiger charge is -2.39. The van der Waals surface area contributed by atoms with Gasteiger partial charge >= 0.3 is 12.1 Å². The Balaban J connectivity index is 0.000000321. The van der Waals surface area contributed by atoms with Gasteiger partial charge in [-0.15, -0.1) is 10.2 Å². The van der Waals surface area contributed by atoms with Crippen molar-refractivity contribution in [3.8, 4) is 0 Å². The number of aromatic nitrogens is 2. The van der Waals surface area contributed by atoms with Crippen LogP contribution in [0.25, 0.3) is 0 Å². The fraction of sp³-hybridized carbons (Fsp3) is 0.812. The molecule has 0 aromatic carbocycles. The van der Waals surface area contributed by atoms with E-state index in [0.29, 0.717) is 11.5 Å². The smallest absolute Gasteiger partial charge is 0.475 e. The minimum absolute atomic E-state index is 0.494. The largest absolute Gasteiger partial charge is 0.490 e. The van der Waals surface area contributed by atoms with Gasteiger partial charge < -0.3 is 19.6 Å². The number of halogens is 3. The molecule has 0 saturated carbocycles. The summed E-state index contributed by atoms with van der Waals surface area (Å²) >= 11 is 1.71. The molecule has 0 radical (unpaired) electrons. The lowest BCUT2D eigenvalue weighted by Crippen LogP contribution is -2.41. The van der Waals surface area contributed by atoms with Gasteiger partial charge in [0.05, 0.1) is 6.61 Å². The molecule has 11 heteroatoms. The first-order valence-electron chi connectivity index (χ1n) is 8.61. The van der Waals surface area contributed by atoms with Gasteiger partial charge in [0.2, 0.25) is 5.13 Å². The van der Waals surface area contributed by atoms with Gasteiger partial charge in [-0.2, -0.15) is 13.2 Å². The van der Waals surface area contributed by atoms with E-state index < -0.39 is 12.1 Å². The van der Waals surface area contributed by atoms with Crippen molar-refractivity contribution in [2.24, 2.45) is 5.41 Å². The van der Waals surface area contributed by atoms with Crippen LogP contribution in [0, 0.1) is 12.3 Å². The molecule has 1 aromatic heterocycles. The standard InChI is InChI=1S/C14H24N4OS.C2HF3O2/c1-11-15-16-13(20-11)18-6-4-14(5-7-18)8-12(9-19-3)17(2)10-14;3-2(4,5)1(6)7/h12H,4-10H2,1-3H3;(H,6,7). The lowest BCUT2D eigenvalue weighted by molar-refractivity contribution is -0.192. The van der Waals surface area contributed by atoms with Crippen LogP contribution in [0.15, 0.2) is 0 Å². The summed E-state index contributed by atoms with van der Waals surface area (Å²) in [4.78, 5) is 13.8. The van der Waals surface area contributed by atoms with Gasteiger partial charge in [-0.1, -0.05) is 11.3 Å². The van der Waals surface area contributed by atoms with Crippen LogP contribution < -0.4 is 4.90 Å². The maximum absolute atomic E-state index is 10.6. The van der Waals surface area contributed by atoms with E-state index in [1.807, 2.05) is 6.92 Å². The summed E-state index contributed by atoms with van der Waals surface area (Å²) in [6, 6.07) is 0.593. The van der Waals surface area contributed by atoms with Crippen LogP contribution in [0.3, 0.4) is 0 Å². The van der Waals surface area contributed by atoms with Gasteiger partial charge in [-0.25, -0.2) is 4.79 Å². The van der Waals surface area contributed by atoms with Crippen LogP contribution in [0.4, 0.5) is 18.3 Å². The second-order valence-corrected chi connectivity index (χ2v) is 8.28. The molecule has 1 N–H and O–H groups in total. The SMILES string of the molecule is COCC1CC2(CCN(c3nnc(C)s3)CC2)CN1C.O=C(O)C(F)(F)F. The van der Waals surface area contributed by atoms with Gasteiger partial charge in [0, 0.05) is 32.8 Å². The Morgan fingerprint density at radius 1 is 1.37 bits per heavy atom. The number of carboxylic acids is 1. The summed E-state index contributed by atoms with van der Waals surface area (Å²) in [5, 5.41) is 17.7. The molecule has 0 amide bonds. The summed E-state index contributed by atoms with van der Waals surface area (Å²) in [7, 11) is 4.04. The number of carboxylic acid groups (broad SMARTS) is 1. The average Bonchev–Trinajstić information content (AvgIpc) is 3.13. The second-order valence-electron chi connectivity index (χ2n) is 7.12. The van der Waals surface area contributed by atoms with Gasteiger partial charge in [0.1, 0.15) is 5.01 Å².